The van der Waals surface area contributed by atoms with E-state index in [9.17, 15) is 0 Å². The van der Waals surface area contributed by atoms with Crippen LogP contribution in [0.15, 0.2) is 48.5 Å². The molecular formula is C17H20NO. The van der Waals surface area contributed by atoms with E-state index >= 15 is 0 Å². The van der Waals surface area contributed by atoms with Gasteiger partial charge >= 0.3 is 0 Å². The van der Waals surface area contributed by atoms with Crippen molar-refractivity contribution in [1.29, 1.82) is 0 Å². The van der Waals surface area contributed by atoms with Gasteiger partial charge < -0.3 is 10.1 Å². The normalized spacial score (nSPS) is 10.5. The van der Waals surface area contributed by atoms with Crippen molar-refractivity contribution in [2.24, 2.45) is 0 Å². The van der Waals surface area contributed by atoms with Gasteiger partial charge in [0, 0.05) is 17.8 Å². The molecule has 2 aromatic rings. The highest BCUT2D eigenvalue weighted by atomic mass is 16.5. The molecule has 19 heavy (non-hydrogen) atoms. The molecule has 0 aliphatic heterocycles. The molecule has 2 heteroatoms. The van der Waals surface area contributed by atoms with Gasteiger partial charge in [-0.15, -0.1) is 0 Å². The first-order valence-corrected chi connectivity index (χ1v) is 6.56. The zero-order valence-corrected chi connectivity index (χ0v) is 11.5. The van der Waals surface area contributed by atoms with Gasteiger partial charge in [-0.1, -0.05) is 36.4 Å². The lowest BCUT2D eigenvalue weighted by molar-refractivity contribution is 0.240. The highest BCUT2D eigenvalue weighted by Crippen LogP contribution is 2.21. The number of nitrogens with one attached hydrogen (secondary N) is 1. The first kappa shape index (κ1) is 13.5. The van der Waals surface area contributed by atoms with E-state index in [1.54, 1.807) is 0 Å². The Labute approximate surface area is 115 Å². The summed E-state index contributed by atoms with van der Waals surface area (Å²) in [5.74, 6) is 0.937. The van der Waals surface area contributed by atoms with Gasteiger partial charge in [-0.2, -0.15) is 0 Å². The molecule has 99 valence electrons. The summed E-state index contributed by atoms with van der Waals surface area (Å²) in [5.41, 5.74) is 3.21. The summed E-state index contributed by atoms with van der Waals surface area (Å²) < 4.78 is 5.81. The van der Waals surface area contributed by atoms with Crippen LogP contribution in [0.5, 0.6) is 5.75 Å². The quantitative estimate of drug-likeness (QED) is 0.860. The second-order valence-electron chi connectivity index (χ2n) is 4.79. The Morgan fingerprint density at radius 1 is 1.05 bits per heavy atom. The first-order valence-electron chi connectivity index (χ1n) is 6.56. The lowest BCUT2D eigenvalue weighted by Gasteiger charge is -2.15. The zero-order valence-electron chi connectivity index (χ0n) is 11.5. The van der Waals surface area contributed by atoms with E-state index in [1.165, 1.54) is 0 Å². The van der Waals surface area contributed by atoms with Gasteiger partial charge in [-0.3, -0.25) is 0 Å². The molecule has 0 amide bonds. The molecule has 0 aliphatic carbocycles. The third-order valence-corrected chi connectivity index (χ3v) is 2.82. The molecule has 0 saturated carbocycles. The minimum absolute atomic E-state index is 0.182. The Kier molecular flexibility index (Phi) is 4.45. The van der Waals surface area contributed by atoms with Crippen molar-refractivity contribution in [1.82, 2.24) is 0 Å². The Morgan fingerprint density at radius 2 is 1.74 bits per heavy atom. The zero-order chi connectivity index (χ0) is 13.7. The molecule has 0 spiro atoms. The standard InChI is InChI=1S/C17H20NO/c1-13(2)19-17-11-7-5-9-15(17)12-18-16-10-6-4-8-14(16)3/h4-11,13,18H,3,12H2,1-2H3. The molecule has 0 bridgehead atoms. The molecule has 0 saturated heterocycles. The van der Waals surface area contributed by atoms with Gasteiger partial charge in [-0.25, -0.2) is 0 Å². The monoisotopic (exact) mass is 254 g/mol. The summed E-state index contributed by atoms with van der Waals surface area (Å²) in [6, 6.07) is 16.1. The Bertz CT molecular complexity index is 534. The topological polar surface area (TPSA) is 21.3 Å². The van der Waals surface area contributed by atoms with Crippen molar-refractivity contribution in [3.05, 3.63) is 66.6 Å². The van der Waals surface area contributed by atoms with Crippen LogP contribution in [0.2, 0.25) is 0 Å². The molecule has 0 fully saturated rings. The predicted molar refractivity (Wildman–Crippen MR) is 80.4 cm³/mol. The van der Waals surface area contributed by atoms with E-state index < -0.39 is 0 Å². The number of ether oxygens (including phenoxy) is 1. The van der Waals surface area contributed by atoms with Gasteiger partial charge in [0.2, 0.25) is 0 Å². The van der Waals surface area contributed by atoms with Crippen LogP contribution in [0.3, 0.4) is 0 Å². The van der Waals surface area contributed by atoms with Crippen molar-refractivity contribution in [3.8, 4) is 5.75 Å². The first-order chi connectivity index (χ1) is 9.16. The number of hydrogen-bond acceptors (Lipinski definition) is 2. The molecule has 1 N–H and O–H groups in total. The maximum atomic E-state index is 5.81. The van der Waals surface area contributed by atoms with Crippen LogP contribution >= 0.6 is 0 Å². The molecule has 0 atom stereocenters. The van der Waals surface area contributed by atoms with Crippen LogP contribution in [-0.4, -0.2) is 6.10 Å². The third kappa shape index (κ3) is 3.75. The van der Waals surface area contributed by atoms with E-state index in [0.29, 0.717) is 0 Å². The largest absolute Gasteiger partial charge is 0.491 e. The van der Waals surface area contributed by atoms with Crippen molar-refractivity contribution in [2.75, 3.05) is 5.32 Å². The fraction of sp³-hybridized carbons (Fsp3) is 0.235. The molecule has 2 aromatic carbocycles. The Hall–Kier alpha value is -1.96. The third-order valence-electron chi connectivity index (χ3n) is 2.82. The fourth-order valence-electron chi connectivity index (χ4n) is 1.90. The van der Waals surface area contributed by atoms with Crippen molar-refractivity contribution in [3.63, 3.8) is 0 Å². The average Bonchev–Trinajstić information content (AvgIpc) is 2.39. The maximum Gasteiger partial charge on any atom is 0.124 e. The van der Waals surface area contributed by atoms with E-state index in [0.717, 1.165) is 29.1 Å². The highest BCUT2D eigenvalue weighted by Gasteiger charge is 2.05. The summed E-state index contributed by atoms with van der Waals surface area (Å²) in [6.07, 6.45) is 0.182. The summed E-state index contributed by atoms with van der Waals surface area (Å²) in [6.45, 7) is 8.82. The smallest absolute Gasteiger partial charge is 0.124 e. The molecule has 2 nitrogen and oxygen atoms in total. The van der Waals surface area contributed by atoms with E-state index in [-0.39, 0.29) is 6.10 Å². The molecule has 0 aliphatic rings. The minimum Gasteiger partial charge on any atom is -0.491 e. The molecule has 0 heterocycles. The number of benzene rings is 2. The number of para-hydroxylation sites is 2. The van der Waals surface area contributed by atoms with Gasteiger partial charge in [0.1, 0.15) is 5.75 Å². The van der Waals surface area contributed by atoms with Crippen LogP contribution in [0.1, 0.15) is 25.0 Å². The minimum atomic E-state index is 0.182. The molecular weight excluding hydrogens is 234 g/mol. The number of anilines is 1. The van der Waals surface area contributed by atoms with Crippen molar-refractivity contribution in [2.45, 2.75) is 26.5 Å². The number of rotatable bonds is 5. The van der Waals surface area contributed by atoms with E-state index in [4.69, 9.17) is 4.74 Å². The number of hydrogen-bond donors (Lipinski definition) is 1. The second kappa shape index (κ2) is 6.28. The summed E-state index contributed by atoms with van der Waals surface area (Å²) in [5, 5.41) is 3.40. The molecule has 1 radical (unpaired) electrons. The van der Waals surface area contributed by atoms with E-state index in [2.05, 4.69) is 18.3 Å². The fourth-order valence-corrected chi connectivity index (χ4v) is 1.90. The van der Waals surface area contributed by atoms with Crippen LogP contribution in [-0.2, 0) is 6.54 Å². The summed E-state index contributed by atoms with van der Waals surface area (Å²) >= 11 is 0. The molecule has 2 rings (SSSR count). The molecule has 0 aromatic heterocycles. The summed E-state index contributed by atoms with van der Waals surface area (Å²) in [4.78, 5) is 0. The lowest BCUT2D eigenvalue weighted by atomic mass is 10.1. The Balaban J connectivity index is 2.09. The summed E-state index contributed by atoms with van der Waals surface area (Å²) in [7, 11) is 0. The second-order valence-corrected chi connectivity index (χ2v) is 4.79. The van der Waals surface area contributed by atoms with Gasteiger partial charge in [-0.05, 0) is 38.5 Å². The van der Waals surface area contributed by atoms with Gasteiger partial charge in [0.25, 0.3) is 0 Å². The average molecular weight is 254 g/mol. The highest BCUT2D eigenvalue weighted by molar-refractivity contribution is 5.53. The van der Waals surface area contributed by atoms with Gasteiger partial charge in [0.15, 0.2) is 0 Å². The van der Waals surface area contributed by atoms with Crippen molar-refractivity contribution >= 4 is 5.69 Å². The molecule has 0 unspecified atom stereocenters. The van der Waals surface area contributed by atoms with Gasteiger partial charge in [0.05, 0.1) is 6.10 Å². The predicted octanol–water partition coefficient (Wildman–Crippen LogP) is 4.27. The SMILES string of the molecule is [CH2]c1ccccc1NCc1ccccc1OC(C)C. The van der Waals surface area contributed by atoms with Crippen LogP contribution in [0, 0.1) is 6.92 Å². The van der Waals surface area contributed by atoms with Crippen molar-refractivity contribution < 1.29 is 4.74 Å². The Morgan fingerprint density at radius 3 is 2.47 bits per heavy atom. The van der Waals surface area contributed by atoms with Crippen LogP contribution in [0.4, 0.5) is 5.69 Å². The lowest BCUT2D eigenvalue weighted by Crippen LogP contribution is -2.09. The van der Waals surface area contributed by atoms with Crippen LogP contribution < -0.4 is 10.1 Å². The van der Waals surface area contributed by atoms with Crippen LogP contribution in [0.25, 0.3) is 0 Å². The van der Waals surface area contributed by atoms with E-state index in [1.807, 2.05) is 56.3 Å². The maximum absolute atomic E-state index is 5.81.